The summed E-state index contributed by atoms with van der Waals surface area (Å²) in [6, 6.07) is -0.837. The summed E-state index contributed by atoms with van der Waals surface area (Å²) in [5.41, 5.74) is 0. The van der Waals surface area contributed by atoms with Crippen LogP contribution >= 0.6 is 11.8 Å². The molecular formula is C11H22N2O6S. The van der Waals surface area contributed by atoms with Crippen molar-refractivity contribution < 1.29 is 29.9 Å². The topological polar surface area (TPSA) is 119 Å². The lowest BCUT2D eigenvalue weighted by Gasteiger charge is -2.13. The van der Waals surface area contributed by atoms with Gasteiger partial charge in [0, 0.05) is 6.42 Å². The fourth-order valence-corrected chi connectivity index (χ4v) is 1.94. The first-order chi connectivity index (χ1) is 9.47. The van der Waals surface area contributed by atoms with Crippen LogP contribution in [0.15, 0.2) is 0 Å². The van der Waals surface area contributed by atoms with Crippen LogP contribution in [-0.4, -0.2) is 57.4 Å². The Hall–Kier alpha value is -0.870. The number of carboxylic acid groups (broad SMARTS) is 1. The van der Waals surface area contributed by atoms with Crippen molar-refractivity contribution in [2.75, 3.05) is 18.6 Å². The SMILES string of the molecule is CSCCC(NC(=O)CCCCCON(O)O)C(=O)O. The van der Waals surface area contributed by atoms with E-state index < -0.39 is 12.0 Å². The highest BCUT2D eigenvalue weighted by Crippen LogP contribution is 2.04. The van der Waals surface area contributed by atoms with Gasteiger partial charge in [-0.3, -0.25) is 20.0 Å². The van der Waals surface area contributed by atoms with E-state index in [1.807, 2.05) is 6.26 Å². The molecule has 0 spiro atoms. The summed E-state index contributed by atoms with van der Waals surface area (Å²) in [6.45, 7) is 0.139. The first kappa shape index (κ1) is 19.1. The zero-order chi connectivity index (χ0) is 15.4. The van der Waals surface area contributed by atoms with Gasteiger partial charge >= 0.3 is 5.97 Å². The summed E-state index contributed by atoms with van der Waals surface area (Å²) < 4.78 is 0. The summed E-state index contributed by atoms with van der Waals surface area (Å²) in [5.74, 6) is -0.634. The molecular weight excluding hydrogens is 288 g/mol. The largest absolute Gasteiger partial charge is 0.480 e. The molecule has 118 valence electrons. The van der Waals surface area contributed by atoms with Gasteiger partial charge in [-0.15, -0.1) is 0 Å². The third-order valence-corrected chi connectivity index (χ3v) is 3.14. The van der Waals surface area contributed by atoms with Crippen molar-refractivity contribution in [1.82, 2.24) is 10.7 Å². The average Bonchev–Trinajstić information content (AvgIpc) is 2.37. The maximum atomic E-state index is 11.6. The van der Waals surface area contributed by atoms with E-state index in [-0.39, 0.29) is 24.3 Å². The smallest absolute Gasteiger partial charge is 0.326 e. The van der Waals surface area contributed by atoms with Crippen molar-refractivity contribution in [3.63, 3.8) is 0 Å². The standard InChI is InChI=1S/C11H22N2O6S/c1-20-8-6-9(11(15)16)12-10(14)5-3-2-4-7-19-13(17)18/h9,17-18H,2-8H2,1H3,(H,12,14)(H,15,16). The first-order valence-corrected chi connectivity index (χ1v) is 7.68. The molecule has 0 saturated heterocycles. The van der Waals surface area contributed by atoms with Crippen molar-refractivity contribution in [3.8, 4) is 0 Å². The van der Waals surface area contributed by atoms with E-state index in [2.05, 4.69) is 10.2 Å². The number of carbonyl (C=O) groups excluding carboxylic acids is 1. The second-order valence-electron chi connectivity index (χ2n) is 4.14. The van der Waals surface area contributed by atoms with Gasteiger partial charge in [0.05, 0.1) is 12.0 Å². The molecule has 0 aliphatic carbocycles. The van der Waals surface area contributed by atoms with Gasteiger partial charge in [-0.1, -0.05) is 6.42 Å². The van der Waals surface area contributed by atoms with Gasteiger partial charge in [0.25, 0.3) is 0 Å². The zero-order valence-corrected chi connectivity index (χ0v) is 12.3. The number of unbranched alkanes of at least 4 members (excludes halogenated alkanes) is 2. The quantitative estimate of drug-likeness (QED) is 0.310. The Labute approximate surface area is 122 Å². The first-order valence-electron chi connectivity index (χ1n) is 6.29. The van der Waals surface area contributed by atoms with Gasteiger partial charge in [-0.2, -0.15) is 11.8 Å². The molecule has 0 radical (unpaired) electrons. The molecule has 0 aromatic carbocycles. The highest BCUT2D eigenvalue weighted by atomic mass is 32.2. The summed E-state index contributed by atoms with van der Waals surface area (Å²) in [6.07, 6.45) is 4.34. The second kappa shape index (κ2) is 11.9. The monoisotopic (exact) mass is 310 g/mol. The van der Waals surface area contributed by atoms with Gasteiger partial charge in [-0.25, -0.2) is 4.79 Å². The van der Waals surface area contributed by atoms with Gasteiger partial charge < -0.3 is 10.4 Å². The molecule has 0 heterocycles. The Morgan fingerprint density at radius 1 is 1.30 bits per heavy atom. The lowest BCUT2D eigenvalue weighted by Crippen LogP contribution is -2.41. The van der Waals surface area contributed by atoms with Crippen LogP contribution < -0.4 is 5.32 Å². The predicted octanol–water partition coefficient (Wildman–Crippen LogP) is 0.881. The Morgan fingerprint density at radius 2 is 2.00 bits per heavy atom. The molecule has 0 fully saturated rings. The fraction of sp³-hybridized carbons (Fsp3) is 0.818. The molecule has 1 atom stereocenters. The van der Waals surface area contributed by atoms with E-state index in [0.717, 1.165) is 0 Å². The lowest BCUT2D eigenvalue weighted by molar-refractivity contribution is -0.492. The van der Waals surface area contributed by atoms with Crippen LogP contribution in [0.25, 0.3) is 0 Å². The van der Waals surface area contributed by atoms with Crippen molar-refractivity contribution in [2.24, 2.45) is 0 Å². The van der Waals surface area contributed by atoms with Crippen LogP contribution in [0.4, 0.5) is 0 Å². The summed E-state index contributed by atoms with van der Waals surface area (Å²) >= 11 is 1.53. The third-order valence-electron chi connectivity index (χ3n) is 2.50. The van der Waals surface area contributed by atoms with E-state index in [9.17, 15) is 9.59 Å². The average molecular weight is 310 g/mol. The highest BCUT2D eigenvalue weighted by molar-refractivity contribution is 7.98. The predicted molar refractivity (Wildman–Crippen MR) is 72.4 cm³/mol. The van der Waals surface area contributed by atoms with Gasteiger partial charge in [-0.05, 0) is 31.3 Å². The van der Waals surface area contributed by atoms with Crippen LogP contribution in [-0.2, 0) is 14.4 Å². The third kappa shape index (κ3) is 11.0. The second-order valence-corrected chi connectivity index (χ2v) is 5.12. The van der Waals surface area contributed by atoms with Crippen molar-refractivity contribution in [2.45, 2.75) is 38.1 Å². The summed E-state index contributed by atoms with van der Waals surface area (Å²) in [4.78, 5) is 26.8. The van der Waals surface area contributed by atoms with Crippen molar-refractivity contribution in [1.29, 1.82) is 0 Å². The van der Waals surface area contributed by atoms with E-state index in [1.165, 1.54) is 11.8 Å². The highest BCUT2D eigenvalue weighted by Gasteiger charge is 2.18. The summed E-state index contributed by atoms with van der Waals surface area (Å²) in [7, 11) is 0. The Morgan fingerprint density at radius 3 is 2.55 bits per heavy atom. The van der Waals surface area contributed by atoms with E-state index in [4.69, 9.17) is 15.5 Å². The molecule has 0 bridgehead atoms. The van der Waals surface area contributed by atoms with Crippen LogP contribution in [0, 0.1) is 0 Å². The van der Waals surface area contributed by atoms with Crippen LogP contribution in [0.3, 0.4) is 0 Å². The minimum absolute atomic E-state index is 0.139. The fourth-order valence-electron chi connectivity index (χ4n) is 1.47. The summed E-state index contributed by atoms with van der Waals surface area (Å²) in [5, 5.41) is 27.6. The minimum Gasteiger partial charge on any atom is -0.480 e. The van der Waals surface area contributed by atoms with Gasteiger partial charge in [0.15, 0.2) is 0 Å². The Kier molecular flexibility index (Phi) is 11.4. The van der Waals surface area contributed by atoms with E-state index in [0.29, 0.717) is 31.4 Å². The number of rotatable bonds is 12. The van der Waals surface area contributed by atoms with E-state index >= 15 is 0 Å². The molecule has 1 amide bonds. The molecule has 0 aliphatic rings. The molecule has 8 nitrogen and oxygen atoms in total. The number of nitrogens with zero attached hydrogens (tertiary/aromatic N) is 1. The molecule has 20 heavy (non-hydrogen) atoms. The molecule has 0 aromatic heterocycles. The van der Waals surface area contributed by atoms with Crippen molar-refractivity contribution in [3.05, 3.63) is 0 Å². The number of carbonyl (C=O) groups is 2. The zero-order valence-electron chi connectivity index (χ0n) is 11.4. The van der Waals surface area contributed by atoms with Gasteiger partial charge in [0.2, 0.25) is 5.91 Å². The molecule has 0 saturated carbocycles. The molecule has 0 aromatic rings. The van der Waals surface area contributed by atoms with Crippen LogP contribution in [0.2, 0.25) is 0 Å². The number of thioether (sulfide) groups is 1. The Balaban J connectivity index is 3.71. The van der Waals surface area contributed by atoms with Gasteiger partial charge in [0.1, 0.15) is 6.04 Å². The number of amides is 1. The van der Waals surface area contributed by atoms with E-state index in [1.54, 1.807) is 0 Å². The number of hydrogen-bond donors (Lipinski definition) is 4. The number of aliphatic carboxylic acids is 1. The molecule has 9 heteroatoms. The molecule has 1 unspecified atom stereocenters. The minimum atomic E-state index is -1.02. The molecule has 4 N–H and O–H groups in total. The maximum Gasteiger partial charge on any atom is 0.326 e. The lowest BCUT2D eigenvalue weighted by atomic mass is 10.1. The molecule has 0 aliphatic heterocycles. The maximum absolute atomic E-state index is 11.6. The molecule has 0 rings (SSSR count). The number of nitrogens with one attached hydrogen (secondary N) is 1. The number of carboxylic acids is 1. The van der Waals surface area contributed by atoms with Crippen LogP contribution in [0.1, 0.15) is 32.1 Å². The number of hydrogen-bond acceptors (Lipinski definition) is 7. The van der Waals surface area contributed by atoms with Crippen LogP contribution in [0.5, 0.6) is 0 Å². The Bertz CT molecular complexity index is 290. The normalized spacial score (nSPS) is 12.4. The van der Waals surface area contributed by atoms with Crippen molar-refractivity contribution >= 4 is 23.6 Å².